The van der Waals surface area contributed by atoms with Crippen LogP contribution in [-0.4, -0.2) is 34.8 Å². The Labute approximate surface area is 146 Å². The summed E-state index contributed by atoms with van der Waals surface area (Å²) < 4.78 is 6.95. The highest BCUT2D eigenvalue weighted by Gasteiger charge is 2.27. The molecule has 3 amide bonds. The van der Waals surface area contributed by atoms with E-state index in [1.165, 1.54) is 0 Å². The van der Waals surface area contributed by atoms with Gasteiger partial charge in [-0.2, -0.15) is 11.8 Å². The first-order chi connectivity index (χ1) is 11.6. The number of fused-ring (bicyclic) bond motifs is 1. The van der Waals surface area contributed by atoms with E-state index in [-0.39, 0.29) is 0 Å². The van der Waals surface area contributed by atoms with Crippen molar-refractivity contribution in [2.75, 3.05) is 12.4 Å². The average molecular weight is 365 g/mol. The Morgan fingerprint density at radius 2 is 2.04 bits per heavy atom. The van der Waals surface area contributed by atoms with E-state index in [4.69, 9.17) is 10.5 Å². The van der Waals surface area contributed by atoms with Gasteiger partial charge < -0.3 is 15.0 Å². The lowest BCUT2D eigenvalue weighted by atomic mass is 10.1. The molecule has 0 aliphatic carbocycles. The molecule has 0 spiro atoms. The Morgan fingerprint density at radius 3 is 2.75 bits per heavy atom. The third-order valence-corrected chi connectivity index (χ3v) is 5.86. The monoisotopic (exact) mass is 365 g/mol. The molecule has 2 aromatic heterocycles. The van der Waals surface area contributed by atoms with Gasteiger partial charge in [0, 0.05) is 23.0 Å². The first-order valence-corrected chi connectivity index (χ1v) is 9.15. The number of ether oxygens (including phenoxy) is 1. The topological polar surface area (TPSA) is 103 Å². The van der Waals surface area contributed by atoms with Crippen LogP contribution >= 0.6 is 23.1 Å². The lowest BCUT2D eigenvalue weighted by Gasteiger charge is -2.12. The van der Waals surface area contributed by atoms with Crippen LogP contribution in [-0.2, 0) is 21.7 Å². The zero-order valence-corrected chi connectivity index (χ0v) is 14.2. The number of carbonyl (C=O) groups is 3. The molecule has 3 rings (SSSR count). The van der Waals surface area contributed by atoms with E-state index in [2.05, 4.69) is 0 Å². The molecule has 3 heterocycles. The van der Waals surface area contributed by atoms with Crippen molar-refractivity contribution >= 4 is 41.0 Å². The van der Waals surface area contributed by atoms with Crippen LogP contribution in [0.25, 0.3) is 5.00 Å². The van der Waals surface area contributed by atoms with Gasteiger partial charge in [-0.1, -0.05) is 0 Å². The summed E-state index contributed by atoms with van der Waals surface area (Å²) in [5.74, 6) is 0.488. The number of primary amides is 1. The highest BCUT2D eigenvalue weighted by molar-refractivity contribution is 7.98. The smallest absolute Gasteiger partial charge is 0.341 e. The molecule has 0 atom stereocenters. The number of esters is 1. The third-order valence-electron chi connectivity index (χ3n) is 3.44. The van der Waals surface area contributed by atoms with Crippen molar-refractivity contribution in [2.24, 2.45) is 5.73 Å². The molecular formula is C15H15N3O4S2. The van der Waals surface area contributed by atoms with E-state index in [0.717, 1.165) is 33.4 Å². The number of nitrogens with one attached hydrogen (secondary N) is 1. The number of urea groups is 1. The number of nitrogens with two attached hydrogens (primary N) is 1. The number of rotatable bonds is 4. The van der Waals surface area contributed by atoms with Crippen molar-refractivity contribution in [1.82, 2.24) is 9.88 Å². The molecule has 2 aromatic rings. The predicted molar refractivity (Wildman–Crippen MR) is 91.5 cm³/mol. The summed E-state index contributed by atoms with van der Waals surface area (Å²) in [6.07, 6.45) is 4.51. The molecule has 1 aliphatic rings. The molecule has 0 fully saturated rings. The third kappa shape index (κ3) is 3.46. The van der Waals surface area contributed by atoms with Crippen LogP contribution in [0.4, 0.5) is 4.79 Å². The van der Waals surface area contributed by atoms with Gasteiger partial charge in [0.2, 0.25) is 0 Å². The number of aromatic nitrogens is 1. The lowest BCUT2D eigenvalue weighted by molar-refractivity contribution is -0.123. The van der Waals surface area contributed by atoms with Crippen molar-refractivity contribution < 1.29 is 19.1 Å². The maximum atomic E-state index is 12.6. The quantitative estimate of drug-likeness (QED) is 0.803. The number of thioether (sulfide) groups is 1. The first-order valence-electron chi connectivity index (χ1n) is 7.18. The second-order valence-electron chi connectivity index (χ2n) is 5.07. The number of hydrogen-bond donors (Lipinski definition) is 2. The Morgan fingerprint density at radius 1 is 1.29 bits per heavy atom. The zero-order chi connectivity index (χ0) is 17.1. The summed E-state index contributed by atoms with van der Waals surface area (Å²) in [4.78, 5) is 35.8. The minimum atomic E-state index is -0.978. The van der Waals surface area contributed by atoms with Gasteiger partial charge >= 0.3 is 12.0 Å². The number of carbonyl (C=O) groups excluding carboxylic acids is 3. The highest BCUT2D eigenvalue weighted by Crippen LogP contribution is 2.38. The minimum absolute atomic E-state index is 0.498. The fraction of sp³-hybridized carbons (Fsp3) is 0.267. The fourth-order valence-electron chi connectivity index (χ4n) is 2.46. The number of nitrogens with zero attached hydrogens (tertiary/aromatic N) is 1. The molecule has 0 radical (unpaired) electrons. The Bertz CT molecular complexity index is 783. The van der Waals surface area contributed by atoms with Crippen LogP contribution in [0.3, 0.4) is 0 Å². The van der Waals surface area contributed by atoms with Gasteiger partial charge in [0.05, 0.1) is 5.56 Å². The number of imide groups is 1. The Kier molecular flexibility index (Phi) is 4.91. The standard InChI is InChI=1S/C15H15N3O4S2/c16-15(21)17-11(19)7-22-14(20)12-9-3-6-23-8-10(9)24-13(12)18-4-1-2-5-18/h1-2,4-5H,3,6-8H2,(H3,16,17,19,21). The zero-order valence-electron chi connectivity index (χ0n) is 12.6. The normalized spacial score (nSPS) is 13.2. The van der Waals surface area contributed by atoms with Crippen molar-refractivity contribution in [2.45, 2.75) is 12.2 Å². The molecule has 3 N–H and O–H groups in total. The van der Waals surface area contributed by atoms with E-state index in [1.54, 1.807) is 11.3 Å². The van der Waals surface area contributed by atoms with Crippen molar-refractivity contribution in [3.8, 4) is 5.00 Å². The predicted octanol–water partition coefficient (Wildman–Crippen LogP) is 1.68. The minimum Gasteiger partial charge on any atom is -0.452 e. The van der Waals surface area contributed by atoms with Crippen LogP contribution in [0.5, 0.6) is 0 Å². The fourth-order valence-corrected chi connectivity index (χ4v) is 4.89. The summed E-state index contributed by atoms with van der Waals surface area (Å²) in [5, 5.41) is 2.65. The summed E-state index contributed by atoms with van der Waals surface area (Å²) >= 11 is 3.39. The van der Waals surface area contributed by atoms with Gasteiger partial charge in [-0.3, -0.25) is 10.1 Å². The van der Waals surface area contributed by atoms with Crippen molar-refractivity contribution in [3.05, 3.63) is 40.5 Å². The SMILES string of the molecule is NC(=O)NC(=O)COC(=O)c1c(-n2cccc2)sc2c1CCSC2. The summed E-state index contributed by atoms with van der Waals surface area (Å²) in [6.45, 7) is -0.549. The lowest BCUT2D eigenvalue weighted by Crippen LogP contribution is -2.37. The highest BCUT2D eigenvalue weighted by atomic mass is 32.2. The van der Waals surface area contributed by atoms with Crippen molar-refractivity contribution in [3.63, 3.8) is 0 Å². The molecule has 0 bridgehead atoms. The largest absolute Gasteiger partial charge is 0.452 e. The number of amides is 3. The summed E-state index contributed by atoms with van der Waals surface area (Å²) in [5.41, 5.74) is 6.35. The van der Waals surface area contributed by atoms with Crippen molar-refractivity contribution in [1.29, 1.82) is 0 Å². The molecule has 0 saturated carbocycles. The first kappa shape index (κ1) is 16.6. The maximum Gasteiger partial charge on any atom is 0.341 e. The van der Waals surface area contributed by atoms with Gasteiger partial charge in [-0.25, -0.2) is 9.59 Å². The summed E-state index contributed by atoms with van der Waals surface area (Å²) in [6, 6.07) is 2.78. The molecule has 0 saturated heterocycles. The number of thiophene rings is 1. The molecule has 1 aliphatic heterocycles. The van der Waals surface area contributed by atoms with Gasteiger partial charge in [-0.05, 0) is 29.9 Å². The Balaban J connectivity index is 1.85. The van der Waals surface area contributed by atoms with Crippen LogP contribution in [0, 0.1) is 0 Å². The Hall–Kier alpha value is -2.26. The van der Waals surface area contributed by atoms with Crippen LogP contribution in [0.1, 0.15) is 20.8 Å². The van der Waals surface area contributed by atoms with Gasteiger partial charge in [0.1, 0.15) is 5.00 Å². The van der Waals surface area contributed by atoms with E-state index in [1.807, 2.05) is 46.2 Å². The van der Waals surface area contributed by atoms with Crippen LogP contribution in [0.2, 0.25) is 0 Å². The molecule has 0 unspecified atom stereocenters. The molecule has 7 nitrogen and oxygen atoms in total. The van der Waals surface area contributed by atoms with E-state index in [9.17, 15) is 14.4 Å². The van der Waals surface area contributed by atoms with Gasteiger partial charge in [0.25, 0.3) is 5.91 Å². The summed E-state index contributed by atoms with van der Waals surface area (Å²) in [7, 11) is 0. The van der Waals surface area contributed by atoms with E-state index < -0.39 is 24.5 Å². The maximum absolute atomic E-state index is 12.6. The second kappa shape index (κ2) is 7.10. The molecule has 9 heteroatoms. The van der Waals surface area contributed by atoms with Gasteiger partial charge in [-0.15, -0.1) is 11.3 Å². The average Bonchev–Trinajstić information content (AvgIpc) is 3.18. The molecule has 0 aromatic carbocycles. The molecular weight excluding hydrogens is 350 g/mol. The van der Waals surface area contributed by atoms with E-state index >= 15 is 0 Å². The molecule has 24 heavy (non-hydrogen) atoms. The second-order valence-corrected chi connectivity index (χ2v) is 7.25. The van der Waals surface area contributed by atoms with Crippen LogP contribution < -0.4 is 11.1 Å². The van der Waals surface area contributed by atoms with Crippen LogP contribution in [0.15, 0.2) is 24.5 Å². The molecule has 126 valence electrons. The van der Waals surface area contributed by atoms with Gasteiger partial charge in [0.15, 0.2) is 6.61 Å². The van der Waals surface area contributed by atoms with E-state index in [0.29, 0.717) is 5.56 Å². The number of hydrogen-bond acceptors (Lipinski definition) is 6.